The Bertz CT molecular complexity index is 2370. The van der Waals surface area contributed by atoms with Gasteiger partial charge in [-0.3, -0.25) is 18.8 Å². The molecule has 15 heteroatoms. The first-order valence-electron chi connectivity index (χ1n) is 16.6. The van der Waals surface area contributed by atoms with Gasteiger partial charge < -0.3 is 14.8 Å². The molecule has 1 atom stereocenters. The number of hydrogen-bond donors (Lipinski definition) is 1. The Morgan fingerprint density at radius 3 is 2.37 bits per heavy atom. The number of fused-ring (bicyclic) bond motifs is 2. The number of pyridine rings is 2. The molecule has 4 heterocycles. The number of aldehydes is 1. The number of methoxy groups -OCH3 is 1. The van der Waals surface area contributed by atoms with Crippen molar-refractivity contribution in [2.45, 2.75) is 37.9 Å². The van der Waals surface area contributed by atoms with Crippen LogP contribution in [0.25, 0.3) is 33.3 Å². The molecule has 0 radical (unpaired) electrons. The van der Waals surface area contributed by atoms with E-state index in [1.807, 2.05) is 18.2 Å². The molecule has 3 aromatic heterocycles. The van der Waals surface area contributed by atoms with Gasteiger partial charge in [-0.1, -0.05) is 53.5 Å². The number of ether oxygens (including phenoxy) is 1. The van der Waals surface area contributed by atoms with Crippen molar-refractivity contribution in [3.05, 3.63) is 96.2 Å². The number of benzene rings is 2. The van der Waals surface area contributed by atoms with Gasteiger partial charge >= 0.3 is 11.9 Å². The summed E-state index contributed by atoms with van der Waals surface area (Å²) < 4.78 is 49.4. The standard InChI is InChI=1S/C37H33Cl2F3N6O4/c1-46-27-16-28(37(40,41)42)45-33(30(27)35(50)47(2)36(46)51)43-24-11-5-9-22(32(24)39)21-8-4-10-23(31(21)38)25-15-20-12-13-26(29(20)34(44-25)52-3)48-17-19(18-48)7-6-14-49/h4-5,8-11,14-16,19,26H,6-7,12-13,17-18H2,1-3H3,(H,43,45)/t26-/m0/s1. The van der Waals surface area contributed by atoms with Crippen molar-refractivity contribution in [1.29, 1.82) is 0 Å². The number of aromatic nitrogens is 4. The van der Waals surface area contributed by atoms with Crippen LogP contribution in [0.1, 0.15) is 42.1 Å². The fraction of sp³-hybridized carbons (Fsp3) is 0.324. The molecule has 0 saturated carbocycles. The van der Waals surface area contributed by atoms with Crippen LogP contribution in [-0.4, -0.2) is 50.5 Å². The van der Waals surface area contributed by atoms with Gasteiger partial charge in [-0.25, -0.2) is 14.8 Å². The van der Waals surface area contributed by atoms with E-state index in [9.17, 15) is 27.6 Å². The highest BCUT2D eigenvalue weighted by atomic mass is 35.5. The lowest BCUT2D eigenvalue weighted by Crippen LogP contribution is -2.48. The molecule has 1 fully saturated rings. The van der Waals surface area contributed by atoms with Crippen LogP contribution in [0, 0.1) is 5.92 Å². The van der Waals surface area contributed by atoms with E-state index in [0.29, 0.717) is 51.7 Å². The van der Waals surface area contributed by atoms with Gasteiger partial charge in [-0.2, -0.15) is 13.2 Å². The molecule has 0 amide bonds. The van der Waals surface area contributed by atoms with E-state index in [1.165, 1.54) is 20.2 Å². The lowest BCUT2D eigenvalue weighted by molar-refractivity contribution is -0.141. The molecular formula is C37H33Cl2F3N6O4. The predicted octanol–water partition coefficient (Wildman–Crippen LogP) is 7.34. The van der Waals surface area contributed by atoms with E-state index >= 15 is 0 Å². The number of halogens is 5. The van der Waals surface area contributed by atoms with E-state index in [4.69, 9.17) is 32.9 Å². The van der Waals surface area contributed by atoms with Crippen LogP contribution in [0.4, 0.5) is 24.7 Å². The van der Waals surface area contributed by atoms with Crippen molar-refractivity contribution >= 4 is 51.9 Å². The number of carbonyl (C=O) groups is 1. The normalized spacial score (nSPS) is 16.2. The number of alkyl halides is 3. The summed E-state index contributed by atoms with van der Waals surface area (Å²) in [6.45, 7) is 1.86. The average molecular weight is 754 g/mol. The third-order valence-electron chi connectivity index (χ3n) is 10.0. The molecule has 1 N–H and O–H groups in total. The minimum absolute atomic E-state index is 0.110. The van der Waals surface area contributed by atoms with Crippen LogP contribution >= 0.6 is 23.2 Å². The molecule has 270 valence electrons. The van der Waals surface area contributed by atoms with Gasteiger partial charge in [0.15, 0.2) is 0 Å². The summed E-state index contributed by atoms with van der Waals surface area (Å²) in [5.74, 6) is 0.627. The number of hydrogen-bond acceptors (Lipinski definition) is 8. The van der Waals surface area contributed by atoms with Crippen LogP contribution in [0.2, 0.25) is 10.0 Å². The molecule has 2 aromatic carbocycles. The number of anilines is 2. The molecule has 7 rings (SSSR count). The van der Waals surface area contributed by atoms with Gasteiger partial charge in [0, 0.05) is 61.9 Å². The Morgan fingerprint density at radius 2 is 1.67 bits per heavy atom. The minimum atomic E-state index is -4.87. The molecular weight excluding hydrogens is 720 g/mol. The minimum Gasteiger partial charge on any atom is -0.481 e. The summed E-state index contributed by atoms with van der Waals surface area (Å²) >= 11 is 14.0. The van der Waals surface area contributed by atoms with E-state index in [0.717, 1.165) is 58.9 Å². The van der Waals surface area contributed by atoms with Gasteiger partial charge in [0.05, 0.1) is 34.1 Å². The van der Waals surface area contributed by atoms with Gasteiger partial charge in [-0.05, 0) is 48.9 Å². The van der Waals surface area contributed by atoms with E-state index in [2.05, 4.69) is 15.2 Å². The topological polar surface area (TPSA) is 111 Å². The first-order chi connectivity index (χ1) is 24.8. The van der Waals surface area contributed by atoms with Crippen molar-refractivity contribution in [2.75, 3.05) is 25.5 Å². The Kier molecular flexibility index (Phi) is 9.39. The van der Waals surface area contributed by atoms with Crippen LogP contribution in [0.3, 0.4) is 0 Å². The predicted molar refractivity (Wildman–Crippen MR) is 194 cm³/mol. The van der Waals surface area contributed by atoms with Crippen LogP contribution in [-0.2, 0) is 31.5 Å². The van der Waals surface area contributed by atoms with Crippen LogP contribution < -0.4 is 21.3 Å². The highest BCUT2D eigenvalue weighted by Gasteiger charge is 2.39. The lowest BCUT2D eigenvalue weighted by atomic mass is 9.91. The maximum absolute atomic E-state index is 14.0. The summed E-state index contributed by atoms with van der Waals surface area (Å²) in [7, 11) is 4.11. The highest BCUT2D eigenvalue weighted by molar-refractivity contribution is 6.39. The second-order valence-electron chi connectivity index (χ2n) is 13.1. The summed E-state index contributed by atoms with van der Waals surface area (Å²) in [5, 5.41) is 3.07. The smallest absolute Gasteiger partial charge is 0.433 e. The fourth-order valence-corrected chi connectivity index (χ4v) is 7.92. The van der Waals surface area contributed by atoms with E-state index in [-0.39, 0.29) is 27.7 Å². The third-order valence-corrected chi connectivity index (χ3v) is 10.8. The summed E-state index contributed by atoms with van der Waals surface area (Å²) in [6, 6.07) is 13.2. The van der Waals surface area contributed by atoms with Gasteiger partial charge in [0.25, 0.3) is 5.56 Å². The number of nitrogens with zero attached hydrogens (tertiary/aromatic N) is 5. The Balaban J connectivity index is 1.25. The third kappa shape index (κ3) is 6.14. The van der Waals surface area contributed by atoms with Gasteiger partial charge in [-0.15, -0.1) is 0 Å². The molecule has 1 saturated heterocycles. The lowest BCUT2D eigenvalue weighted by Gasteiger charge is -2.43. The highest BCUT2D eigenvalue weighted by Crippen LogP contribution is 2.47. The Labute approximate surface area is 305 Å². The second-order valence-corrected chi connectivity index (χ2v) is 13.9. The van der Waals surface area contributed by atoms with Crippen molar-refractivity contribution in [3.8, 4) is 28.3 Å². The zero-order valence-electron chi connectivity index (χ0n) is 28.4. The summed E-state index contributed by atoms with van der Waals surface area (Å²) in [6.07, 6.45) is -0.653. The van der Waals surface area contributed by atoms with Crippen molar-refractivity contribution < 1.29 is 22.7 Å². The Morgan fingerprint density at radius 1 is 0.981 bits per heavy atom. The zero-order valence-corrected chi connectivity index (χ0v) is 29.9. The molecule has 0 unspecified atom stereocenters. The van der Waals surface area contributed by atoms with Crippen molar-refractivity contribution in [1.82, 2.24) is 24.0 Å². The fourth-order valence-electron chi connectivity index (χ4n) is 7.32. The van der Waals surface area contributed by atoms with Crippen molar-refractivity contribution in [2.24, 2.45) is 20.0 Å². The molecule has 52 heavy (non-hydrogen) atoms. The maximum Gasteiger partial charge on any atom is 0.433 e. The largest absolute Gasteiger partial charge is 0.481 e. The number of nitrogens with one attached hydrogen (secondary N) is 1. The monoisotopic (exact) mass is 752 g/mol. The average Bonchev–Trinajstić information content (AvgIpc) is 3.53. The maximum atomic E-state index is 14.0. The van der Waals surface area contributed by atoms with Crippen molar-refractivity contribution in [3.63, 3.8) is 0 Å². The molecule has 2 aliphatic rings. The zero-order chi connectivity index (χ0) is 37.1. The molecule has 1 aliphatic carbocycles. The summed E-state index contributed by atoms with van der Waals surface area (Å²) in [5.41, 5.74) is 1.45. The number of likely N-dealkylation sites (tertiary alicyclic amines) is 1. The van der Waals surface area contributed by atoms with Gasteiger partial charge in [0.1, 0.15) is 23.2 Å². The second kappa shape index (κ2) is 13.7. The molecule has 1 aliphatic heterocycles. The first kappa shape index (κ1) is 35.7. The van der Waals surface area contributed by atoms with E-state index in [1.54, 1.807) is 25.3 Å². The SMILES string of the molecule is COc1nc(-c2cccc(-c3cccc(Nc4nc(C(F)(F)F)cc5c4c(=O)n(C)c(=O)n5C)c3Cl)c2Cl)cc2c1[C@@H](N1CC(CCC=O)C1)CC2. The van der Waals surface area contributed by atoms with Gasteiger partial charge in [0.2, 0.25) is 5.88 Å². The Hall–Kier alpha value is -4.72. The molecule has 0 bridgehead atoms. The number of rotatable bonds is 9. The van der Waals surface area contributed by atoms with E-state index < -0.39 is 28.9 Å². The number of carbonyl (C=O) groups excluding carboxylic acids is 1. The van der Waals surface area contributed by atoms with Crippen LogP contribution in [0.15, 0.2) is 58.1 Å². The summed E-state index contributed by atoms with van der Waals surface area (Å²) in [4.78, 5) is 47.7. The molecule has 5 aromatic rings. The molecule has 0 spiro atoms. The molecule has 10 nitrogen and oxygen atoms in total. The first-order valence-corrected chi connectivity index (χ1v) is 17.4. The quantitative estimate of drug-likeness (QED) is 0.156. The number of aryl methyl sites for hydroxylation is 2. The van der Waals surface area contributed by atoms with Crippen LogP contribution in [0.5, 0.6) is 5.88 Å².